The Morgan fingerprint density at radius 2 is 1.76 bits per heavy atom. The van der Waals surface area contributed by atoms with Crippen LogP contribution in [0.1, 0.15) is 16.8 Å². The maximum atomic E-state index is 13.1. The lowest BCUT2D eigenvalue weighted by Crippen LogP contribution is -2.06. The van der Waals surface area contributed by atoms with Gasteiger partial charge in [-0.2, -0.15) is 0 Å². The number of halogens is 3. The average Bonchev–Trinajstić information content (AvgIpc) is 3.00. The second kappa shape index (κ2) is 8.23. The van der Waals surface area contributed by atoms with Gasteiger partial charge in [0.25, 0.3) is 0 Å². The molecule has 0 saturated carbocycles. The van der Waals surface area contributed by atoms with Crippen molar-refractivity contribution in [1.29, 1.82) is 0 Å². The number of imidazole rings is 1. The minimum atomic E-state index is -0.272. The van der Waals surface area contributed by atoms with Gasteiger partial charge in [-0.25, -0.2) is 9.37 Å². The molecule has 1 aromatic heterocycles. The Labute approximate surface area is 159 Å². The first-order chi connectivity index (χ1) is 12.1. The van der Waals surface area contributed by atoms with E-state index in [2.05, 4.69) is 4.98 Å². The molecule has 0 aliphatic rings. The number of aliphatic hydroxyl groups excluding tert-OH is 1. The van der Waals surface area contributed by atoms with E-state index in [1.165, 1.54) is 23.9 Å². The van der Waals surface area contributed by atoms with E-state index in [0.717, 1.165) is 16.3 Å². The Bertz CT molecular complexity index is 868. The molecule has 3 aromatic rings. The zero-order valence-corrected chi connectivity index (χ0v) is 15.5. The van der Waals surface area contributed by atoms with Crippen LogP contribution in [0, 0.1) is 5.82 Å². The van der Waals surface area contributed by atoms with Crippen molar-refractivity contribution in [2.45, 2.75) is 24.1 Å². The number of hydrogen-bond acceptors (Lipinski definition) is 3. The molecule has 0 aliphatic carbocycles. The van der Waals surface area contributed by atoms with Crippen molar-refractivity contribution in [2.75, 3.05) is 0 Å². The second-order valence-corrected chi connectivity index (χ2v) is 7.20. The topological polar surface area (TPSA) is 38.1 Å². The quantitative estimate of drug-likeness (QED) is 0.584. The van der Waals surface area contributed by atoms with Crippen LogP contribution in [-0.2, 0) is 18.9 Å². The summed E-state index contributed by atoms with van der Waals surface area (Å²) >= 11 is 13.5. The number of rotatable bonds is 6. The van der Waals surface area contributed by atoms with Gasteiger partial charge in [0.1, 0.15) is 5.82 Å². The molecule has 3 rings (SSSR count). The maximum absolute atomic E-state index is 13.1. The Morgan fingerprint density at radius 1 is 1.04 bits per heavy atom. The Kier molecular flexibility index (Phi) is 6.02. The summed E-state index contributed by atoms with van der Waals surface area (Å²) < 4.78 is 15.0. The van der Waals surface area contributed by atoms with Crippen LogP contribution in [0.3, 0.4) is 0 Å². The van der Waals surface area contributed by atoms with E-state index in [1.54, 1.807) is 24.4 Å². The van der Waals surface area contributed by atoms with E-state index >= 15 is 0 Å². The third-order valence-corrected chi connectivity index (χ3v) is 5.47. The molecule has 0 radical (unpaired) electrons. The van der Waals surface area contributed by atoms with Crippen molar-refractivity contribution < 1.29 is 9.50 Å². The molecule has 0 amide bonds. The zero-order valence-electron chi connectivity index (χ0n) is 13.1. The Balaban J connectivity index is 1.78. The predicted molar refractivity (Wildman–Crippen MR) is 99.7 cm³/mol. The van der Waals surface area contributed by atoms with Gasteiger partial charge in [0.15, 0.2) is 5.16 Å². The number of nitrogens with zero attached hydrogens (tertiary/aromatic N) is 2. The van der Waals surface area contributed by atoms with Crippen molar-refractivity contribution >= 4 is 35.0 Å². The van der Waals surface area contributed by atoms with Gasteiger partial charge in [-0.3, -0.25) is 0 Å². The average molecular weight is 397 g/mol. The van der Waals surface area contributed by atoms with Crippen LogP contribution in [0.2, 0.25) is 10.0 Å². The summed E-state index contributed by atoms with van der Waals surface area (Å²) in [7, 11) is 0. The van der Waals surface area contributed by atoms with E-state index in [9.17, 15) is 9.50 Å². The third-order valence-electron chi connectivity index (χ3n) is 3.67. The standard InChI is InChI=1S/C18H15Cl2FN2OS/c19-16-6-3-13(7-17(16)20)11-25-18-22-8-15(10-24)23(18)9-12-1-4-14(21)5-2-12/h1-8,24H,9-11H2. The first-order valence-electron chi connectivity index (χ1n) is 7.53. The normalized spacial score (nSPS) is 11.0. The summed E-state index contributed by atoms with van der Waals surface area (Å²) in [5.41, 5.74) is 2.67. The van der Waals surface area contributed by atoms with Gasteiger partial charge in [-0.15, -0.1) is 0 Å². The summed E-state index contributed by atoms with van der Waals surface area (Å²) in [4.78, 5) is 4.39. The number of hydrogen-bond donors (Lipinski definition) is 1. The van der Waals surface area contributed by atoms with Crippen LogP contribution in [0.25, 0.3) is 0 Å². The first kappa shape index (κ1) is 18.3. The molecule has 1 heterocycles. The number of thioether (sulfide) groups is 1. The Hall–Kier alpha value is -1.53. The minimum absolute atomic E-state index is 0.110. The molecule has 25 heavy (non-hydrogen) atoms. The molecule has 1 N–H and O–H groups in total. The monoisotopic (exact) mass is 396 g/mol. The van der Waals surface area contributed by atoms with Gasteiger partial charge in [0.2, 0.25) is 0 Å². The fourth-order valence-electron chi connectivity index (χ4n) is 2.35. The van der Waals surface area contributed by atoms with Gasteiger partial charge < -0.3 is 9.67 Å². The van der Waals surface area contributed by atoms with Crippen LogP contribution in [-0.4, -0.2) is 14.7 Å². The van der Waals surface area contributed by atoms with Crippen LogP contribution in [0.4, 0.5) is 4.39 Å². The smallest absolute Gasteiger partial charge is 0.168 e. The van der Waals surface area contributed by atoms with Gasteiger partial charge >= 0.3 is 0 Å². The molecule has 0 fully saturated rings. The zero-order chi connectivity index (χ0) is 17.8. The molecule has 0 unspecified atom stereocenters. The van der Waals surface area contributed by atoms with E-state index < -0.39 is 0 Å². The van der Waals surface area contributed by atoms with Crippen molar-refractivity contribution in [3.63, 3.8) is 0 Å². The number of benzene rings is 2. The molecule has 0 aliphatic heterocycles. The highest BCUT2D eigenvalue weighted by Crippen LogP contribution is 2.28. The first-order valence-corrected chi connectivity index (χ1v) is 9.27. The van der Waals surface area contributed by atoms with E-state index in [1.807, 2.05) is 16.7 Å². The highest BCUT2D eigenvalue weighted by molar-refractivity contribution is 7.98. The highest BCUT2D eigenvalue weighted by atomic mass is 35.5. The van der Waals surface area contributed by atoms with Gasteiger partial charge in [-0.05, 0) is 35.4 Å². The number of aliphatic hydroxyl groups is 1. The summed E-state index contributed by atoms with van der Waals surface area (Å²) in [6, 6.07) is 11.8. The van der Waals surface area contributed by atoms with Gasteiger partial charge in [0, 0.05) is 12.3 Å². The van der Waals surface area contributed by atoms with Gasteiger partial charge in [-0.1, -0.05) is 53.2 Å². The third kappa shape index (κ3) is 4.55. The molecular formula is C18H15Cl2FN2OS. The number of aromatic nitrogens is 2. The maximum Gasteiger partial charge on any atom is 0.168 e. The largest absolute Gasteiger partial charge is 0.390 e. The van der Waals surface area contributed by atoms with E-state index in [4.69, 9.17) is 23.2 Å². The molecular weight excluding hydrogens is 382 g/mol. The highest BCUT2D eigenvalue weighted by Gasteiger charge is 2.11. The molecule has 0 atom stereocenters. The molecule has 3 nitrogen and oxygen atoms in total. The van der Waals surface area contributed by atoms with Crippen LogP contribution in [0.5, 0.6) is 0 Å². The lowest BCUT2D eigenvalue weighted by Gasteiger charge is -2.11. The van der Waals surface area contributed by atoms with Crippen molar-refractivity contribution in [1.82, 2.24) is 9.55 Å². The van der Waals surface area contributed by atoms with E-state index in [0.29, 0.717) is 28.0 Å². The van der Waals surface area contributed by atoms with Crippen LogP contribution < -0.4 is 0 Å². The SMILES string of the molecule is OCc1cnc(SCc2ccc(Cl)c(Cl)c2)n1Cc1ccc(F)cc1. The lowest BCUT2D eigenvalue weighted by atomic mass is 10.2. The van der Waals surface area contributed by atoms with Crippen LogP contribution >= 0.6 is 35.0 Å². The molecule has 0 spiro atoms. The fourth-order valence-corrected chi connectivity index (χ4v) is 3.61. The summed E-state index contributed by atoms with van der Waals surface area (Å²) in [6.07, 6.45) is 1.65. The molecule has 0 bridgehead atoms. The minimum Gasteiger partial charge on any atom is -0.390 e. The molecule has 130 valence electrons. The molecule has 0 saturated heterocycles. The molecule has 2 aromatic carbocycles. The second-order valence-electron chi connectivity index (χ2n) is 5.44. The lowest BCUT2D eigenvalue weighted by molar-refractivity contribution is 0.270. The van der Waals surface area contributed by atoms with Crippen molar-refractivity contribution in [3.05, 3.63) is 81.3 Å². The van der Waals surface area contributed by atoms with Crippen molar-refractivity contribution in [2.24, 2.45) is 0 Å². The summed E-state index contributed by atoms with van der Waals surface area (Å²) in [5, 5.41) is 11.4. The fraction of sp³-hybridized carbons (Fsp3) is 0.167. The van der Waals surface area contributed by atoms with Gasteiger partial charge in [0.05, 0.1) is 28.5 Å². The summed E-state index contributed by atoms with van der Waals surface area (Å²) in [6.45, 7) is 0.404. The van der Waals surface area contributed by atoms with E-state index in [-0.39, 0.29) is 12.4 Å². The summed E-state index contributed by atoms with van der Waals surface area (Å²) in [5.74, 6) is 0.397. The van der Waals surface area contributed by atoms with Crippen molar-refractivity contribution in [3.8, 4) is 0 Å². The Morgan fingerprint density at radius 3 is 2.44 bits per heavy atom. The van der Waals surface area contributed by atoms with Crippen LogP contribution in [0.15, 0.2) is 53.8 Å². The predicted octanol–water partition coefficient (Wildman–Crippen LogP) is 5.16. The molecule has 7 heteroatoms.